The molecule has 1 saturated heterocycles. The summed E-state index contributed by atoms with van der Waals surface area (Å²) in [7, 11) is -1.81. The molecule has 10 heteroatoms. The Morgan fingerprint density at radius 1 is 1.39 bits per heavy atom. The van der Waals surface area contributed by atoms with Crippen LogP contribution >= 0.6 is 0 Å². The first kappa shape index (κ1) is 17.5. The van der Waals surface area contributed by atoms with Crippen molar-refractivity contribution < 1.29 is 26.4 Å². The number of rotatable bonds is 3. The van der Waals surface area contributed by atoms with Crippen LogP contribution in [0.3, 0.4) is 0 Å². The van der Waals surface area contributed by atoms with Crippen LogP contribution in [0, 0.1) is 0 Å². The maximum Gasteiger partial charge on any atom is 0.417 e. The fraction of sp³-hybridized carbons (Fsp3) is 0.538. The highest BCUT2D eigenvalue weighted by Gasteiger charge is 2.33. The molecule has 0 N–H and O–H groups in total. The molecule has 0 spiro atoms. The van der Waals surface area contributed by atoms with E-state index in [1.54, 1.807) is 0 Å². The molecule has 0 aliphatic carbocycles. The average molecular weight is 352 g/mol. The Morgan fingerprint density at radius 2 is 2.04 bits per heavy atom. The summed E-state index contributed by atoms with van der Waals surface area (Å²) >= 11 is 0. The Bertz CT molecular complexity index is 770. The first-order chi connectivity index (χ1) is 10.5. The van der Waals surface area contributed by atoms with Gasteiger partial charge < -0.3 is 9.47 Å². The van der Waals surface area contributed by atoms with Crippen LogP contribution in [-0.4, -0.2) is 48.4 Å². The van der Waals surface area contributed by atoms with Crippen molar-refractivity contribution in [3.8, 4) is 0 Å². The number of aromatic nitrogens is 1. The molecule has 1 aliphatic heterocycles. The third-order valence-electron chi connectivity index (χ3n) is 3.77. The van der Waals surface area contributed by atoms with Crippen LogP contribution in [0.1, 0.15) is 12.0 Å². The largest absolute Gasteiger partial charge is 0.417 e. The molecule has 0 aromatic carbocycles. The van der Waals surface area contributed by atoms with E-state index in [4.69, 9.17) is 0 Å². The van der Waals surface area contributed by atoms with Crippen LogP contribution in [-0.2, 0) is 27.4 Å². The molecule has 2 rings (SSSR count). The van der Waals surface area contributed by atoms with Crippen molar-refractivity contribution in [3.05, 3.63) is 34.2 Å². The van der Waals surface area contributed by atoms with Crippen LogP contribution in [0.2, 0.25) is 0 Å². The van der Waals surface area contributed by atoms with E-state index in [-0.39, 0.29) is 17.9 Å². The van der Waals surface area contributed by atoms with Crippen LogP contribution < -0.4 is 5.56 Å². The van der Waals surface area contributed by atoms with Gasteiger partial charge in [-0.05, 0) is 12.5 Å². The minimum atomic E-state index is -4.62. The maximum absolute atomic E-state index is 12.6. The minimum absolute atomic E-state index is 0.0290. The highest BCUT2D eigenvalue weighted by Crippen LogP contribution is 2.28. The van der Waals surface area contributed by atoms with E-state index in [0.29, 0.717) is 16.8 Å². The lowest BCUT2D eigenvalue weighted by Crippen LogP contribution is -2.41. The fourth-order valence-corrected chi connectivity index (χ4v) is 4.14. The molecule has 2 heterocycles. The van der Waals surface area contributed by atoms with Gasteiger partial charge in [-0.25, -0.2) is 8.42 Å². The molecule has 128 valence electrons. The number of amides is 1. The predicted octanol–water partition coefficient (Wildman–Crippen LogP) is 0.513. The predicted molar refractivity (Wildman–Crippen MR) is 75.5 cm³/mol. The highest BCUT2D eigenvalue weighted by atomic mass is 32.2. The second-order valence-electron chi connectivity index (χ2n) is 5.44. The Hall–Kier alpha value is -1.84. The molecule has 1 aromatic rings. The van der Waals surface area contributed by atoms with Crippen molar-refractivity contribution in [1.82, 2.24) is 9.47 Å². The molecule has 1 unspecified atom stereocenters. The zero-order valence-corrected chi connectivity index (χ0v) is 13.0. The summed E-state index contributed by atoms with van der Waals surface area (Å²) in [5.41, 5.74) is -1.77. The van der Waals surface area contributed by atoms with Gasteiger partial charge in [0.05, 0.1) is 17.1 Å². The van der Waals surface area contributed by atoms with E-state index < -0.39 is 45.6 Å². The first-order valence-electron chi connectivity index (χ1n) is 6.73. The third kappa shape index (κ3) is 4.12. The smallest absolute Gasteiger partial charge is 0.340 e. The second-order valence-corrected chi connectivity index (χ2v) is 7.67. The first-order valence-corrected chi connectivity index (χ1v) is 8.55. The number of pyridine rings is 1. The van der Waals surface area contributed by atoms with Crippen LogP contribution in [0.4, 0.5) is 13.2 Å². The molecule has 1 amide bonds. The van der Waals surface area contributed by atoms with Gasteiger partial charge >= 0.3 is 6.18 Å². The van der Waals surface area contributed by atoms with Gasteiger partial charge in [0.1, 0.15) is 6.54 Å². The quantitative estimate of drug-likeness (QED) is 0.794. The molecule has 1 atom stereocenters. The highest BCUT2D eigenvalue weighted by molar-refractivity contribution is 7.91. The summed E-state index contributed by atoms with van der Waals surface area (Å²) in [6.45, 7) is -0.574. The van der Waals surface area contributed by atoms with E-state index in [1.165, 1.54) is 11.9 Å². The van der Waals surface area contributed by atoms with Crippen LogP contribution in [0.25, 0.3) is 0 Å². The van der Waals surface area contributed by atoms with Gasteiger partial charge in [0.2, 0.25) is 5.91 Å². The summed E-state index contributed by atoms with van der Waals surface area (Å²) < 4.78 is 61.5. The van der Waals surface area contributed by atoms with Crippen LogP contribution in [0.15, 0.2) is 23.1 Å². The van der Waals surface area contributed by atoms with E-state index >= 15 is 0 Å². The number of carbonyl (C=O) groups excluding carboxylic acids is 1. The van der Waals surface area contributed by atoms with Gasteiger partial charge in [-0.15, -0.1) is 0 Å². The zero-order valence-electron chi connectivity index (χ0n) is 12.2. The molecular weight excluding hydrogens is 337 g/mol. The molecule has 0 bridgehead atoms. The number of hydrogen-bond acceptors (Lipinski definition) is 4. The molecule has 1 aromatic heterocycles. The van der Waals surface area contributed by atoms with E-state index in [1.807, 2.05) is 0 Å². The molecule has 0 saturated carbocycles. The Balaban J connectivity index is 2.16. The fourth-order valence-electron chi connectivity index (χ4n) is 2.36. The van der Waals surface area contributed by atoms with Crippen molar-refractivity contribution in [2.45, 2.75) is 25.2 Å². The number of likely N-dealkylation sites (N-methyl/N-ethyl adjacent to an activating group) is 1. The lowest BCUT2D eigenvalue weighted by molar-refractivity contribution is -0.138. The number of halogens is 3. The standard InChI is InChI=1S/C13H15F3N2O4S/c1-17(10-4-5-23(21,22)8-10)12(20)7-18-6-9(13(14,15)16)2-3-11(18)19/h2-3,6,10H,4-5,7-8H2,1H3. The molecule has 0 radical (unpaired) electrons. The van der Waals surface area contributed by atoms with Crippen molar-refractivity contribution in [3.63, 3.8) is 0 Å². The van der Waals surface area contributed by atoms with Gasteiger partial charge in [-0.2, -0.15) is 13.2 Å². The lowest BCUT2D eigenvalue weighted by atomic mass is 10.2. The lowest BCUT2D eigenvalue weighted by Gasteiger charge is -2.24. The van der Waals surface area contributed by atoms with Crippen molar-refractivity contribution in [1.29, 1.82) is 0 Å². The van der Waals surface area contributed by atoms with E-state index in [0.717, 1.165) is 6.07 Å². The number of hydrogen-bond donors (Lipinski definition) is 0. The molecule has 1 aliphatic rings. The van der Waals surface area contributed by atoms with Gasteiger partial charge in [0, 0.05) is 25.4 Å². The van der Waals surface area contributed by atoms with E-state index in [2.05, 4.69) is 0 Å². The number of sulfone groups is 1. The van der Waals surface area contributed by atoms with Crippen molar-refractivity contribution in [2.24, 2.45) is 0 Å². The van der Waals surface area contributed by atoms with Crippen LogP contribution in [0.5, 0.6) is 0 Å². The minimum Gasteiger partial charge on any atom is -0.340 e. The van der Waals surface area contributed by atoms with Crippen molar-refractivity contribution in [2.75, 3.05) is 18.6 Å². The average Bonchev–Trinajstić information content (AvgIpc) is 2.79. The summed E-state index contributed by atoms with van der Waals surface area (Å²) in [6, 6.07) is 0.876. The Kier molecular flexibility index (Phi) is 4.56. The third-order valence-corrected chi connectivity index (χ3v) is 5.52. The zero-order chi connectivity index (χ0) is 17.4. The summed E-state index contributed by atoms with van der Waals surface area (Å²) in [4.78, 5) is 24.9. The summed E-state index contributed by atoms with van der Waals surface area (Å²) in [5.74, 6) is -0.820. The number of nitrogens with zero attached hydrogens (tertiary/aromatic N) is 2. The van der Waals surface area contributed by atoms with Crippen molar-refractivity contribution >= 4 is 15.7 Å². The van der Waals surface area contributed by atoms with Gasteiger partial charge in [-0.1, -0.05) is 0 Å². The molecule has 6 nitrogen and oxygen atoms in total. The van der Waals surface area contributed by atoms with E-state index in [9.17, 15) is 31.2 Å². The Labute approximate surface area is 130 Å². The molecule has 1 fully saturated rings. The monoisotopic (exact) mass is 352 g/mol. The number of carbonyl (C=O) groups is 1. The molecule has 23 heavy (non-hydrogen) atoms. The topological polar surface area (TPSA) is 76.5 Å². The van der Waals surface area contributed by atoms with Gasteiger partial charge in [0.25, 0.3) is 5.56 Å². The Morgan fingerprint density at radius 3 is 2.57 bits per heavy atom. The maximum atomic E-state index is 12.6. The summed E-state index contributed by atoms with van der Waals surface area (Å²) in [5, 5.41) is 0. The van der Waals surface area contributed by atoms with Gasteiger partial charge in [-0.3, -0.25) is 9.59 Å². The second kappa shape index (κ2) is 5.99. The van der Waals surface area contributed by atoms with Gasteiger partial charge in [0.15, 0.2) is 9.84 Å². The SMILES string of the molecule is CN(C(=O)Cn1cc(C(F)(F)F)ccc1=O)C1CCS(=O)(=O)C1. The number of alkyl halides is 3. The molecular formula is C13H15F3N2O4S. The normalized spacial score (nSPS) is 20.4. The summed E-state index contributed by atoms with van der Waals surface area (Å²) in [6.07, 6.45) is -3.76.